The summed E-state index contributed by atoms with van der Waals surface area (Å²) >= 11 is 0. The molecule has 2 heterocycles. The summed E-state index contributed by atoms with van der Waals surface area (Å²) in [5.41, 5.74) is 1.57. The number of hydrogen-bond donors (Lipinski definition) is 2. The van der Waals surface area contributed by atoms with Crippen LogP contribution in [-0.2, 0) is 9.53 Å². The minimum atomic E-state index is -0.930. The number of carboxylic acids is 1. The van der Waals surface area contributed by atoms with Gasteiger partial charge in [-0.3, -0.25) is 9.78 Å². The first-order chi connectivity index (χ1) is 9.56. The summed E-state index contributed by atoms with van der Waals surface area (Å²) in [5.74, 6) is -0.930. The fourth-order valence-electron chi connectivity index (χ4n) is 2.01. The van der Waals surface area contributed by atoms with E-state index in [1.807, 2.05) is 13.0 Å². The molecule has 108 valence electrons. The number of morpholine rings is 1. The van der Waals surface area contributed by atoms with Gasteiger partial charge in [0.1, 0.15) is 0 Å². The van der Waals surface area contributed by atoms with Crippen molar-refractivity contribution in [2.45, 2.75) is 19.4 Å². The van der Waals surface area contributed by atoms with Gasteiger partial charge in [0, 0.05) is 19.3 Å². The van der Waals surface area contributed by atoms with Crippen LogP contribution in [0.2, 0.25) is 0 Å². The Morgan fingerprint density at radius 2 is 2.40 bits per heavy atom. The molecule has 7 heteroatoms. The summed E-state index contributed by atoms with van der Waals surface area (Å²) < 4.78 is 5.33. The highest BCUT2D eigenvalue weighted by Crippen LogP contribution is 2.14. The Balaban J connectivity index is 1.95. The van der Waals surface area contributed by atoms with E-state index in [0.717, 1.165) is 5.56 Å². The first-order valence-electron chi connectivity index (χ1n) is 6.36. The van der Waals surface area contributed by atoms with E-state index in [1.165, 1.54) is 0 Å². The number of hydrogen-bond acceptors (Lipinski definition) is 4. The molecular formula is C13H17N3O4. The SMILES string of the molecule is Cc1ccncc1NC(=O)N1CCOC(CC(=O)O)C1. The van der Waals surface area contributed by atoms with Crippen LogP contribution < -0.4 is 5.32 Å². The number of anilines is 1. The highest BCUT2D eigenvalue weighted by atomic mass is 16.5. The number of aromatic nitrogens is 1. The second kappa shape index (κ2) is 6.33. The topological polar surface area (TPSA) is 91.8 Å². The molecule has 0 radical (unpaired) electrons. The zero-order valence-electron chi connectivity index (χ0n) is 11.2. The van der Waals surface area contributed by atoms with E-state index >= 15 is 0 Å². The smallest absolute Gasteiger partial charge is 0.322 e. The van der Waals surface area contributed by atoms with E-state index in [-0.39, 0.29) is 19.0 Å². The minimum absolute atomic E-state index is 0.101. The number of rotatable bonds is 3. The molecule has 0 aromatic carbocycles. The third-order valence-electron chi connectivity index (χ3n) is 3.11. The van der Waals surface area contributed by atoms with Crippen LogP contribution in [0, 0.1) is 6.92 Å². The lowest BCUT2D eigenvalue weighted by Crippen LogP contribution is -2.48. The summed E-state index contributed by atoms with van der Waals surface area (Å²) in [7, 11) is 0. The fourth-order valence-corrected chi connectivity index (χ4v) is 2.01. The van der Waals surface area contributed by atoms with Crippen LogP contribution in [0.15, 0.2) is 18.5 Å². The molecule has 20 heavy (non-hydrogen) atoms. The number of carbonyl (C=O) groups is 2. The normalized spacial score (nSPS) is 18.6. The van der Waals surface area contributed by atoms with Crippen LogP contribution in [0.25, 0.3) is 0 Å². The molecule has 1 fully saturated rings. The van der Waals surface area contributed by atoms with E-state index in [0.29, 0.717) is 18.8 Å². The number of pyridine rings is 1. The van der Waals surface area contributed by atoms with Gasteiger partial charge in [0.25, 0.3) is 0 Å². The number of ether oxygens (including phenoxy) is 1. The quantitative estimate of drug-likeness (QED) is 0.864. The molecule has 0 saturated carbocycles. The fraction of sp³-hybridized carbons (Fsp3) is 0.462. The summed E-state index contributed by atoms with van der Waals surface area (Å²) in [6, 6.07) is 1.54. The van der Waals surface area contributed by atoms with Gasteiger partial charge in [0.2, 0.25) is 0 Å². The van der Waals surface area contributed by atoms with Crippen LogP contribution in [0.3, 0.4) is 0 Å². The second-order valence-electron chi connectivity index (χ2n) is 4.66. The van der Waals surface area contributed by atoms with Crippen molar-refractivity contribution < 1.29 is 19.4 Å². The lowest BCUT2D eigenvalue weighted by Gasteiger charge is -2.32. The summed E-state index contributed by atoms with van der Waals surface area (Å²) in [5, 5.41) is 11.5. The van der Waals surface area contributed by atoms with Crippen LogP contribution in [0.1, 0.15) is 12.0 Å². The van der Waals surface area contributed by atoms with Gasteiger partial charge in [-0.2, -0.15) is 0 Å². The van der Waals surface area contributed by atoms with E-state index in [1.54, 1.807) is 17.3 Å². The maximum absolute atomic E-state index is 12.1. The van der Waals surface area contributed by atoms with Crippen molar-refractivity contribution in [2.24, 2.45) is 0 Å². The molecule has 1 aromatic rings. The molecule has 1 atom stereocenters. The van der Waals surface area contributed by atoms with Gasteiger partial charge in [0.15, 0.2) is 0 Å². The standard InChI is InChI=1S/C13H17N3O4/c1-9-2-3-14-7-11(9)15-13(19)16-4-5-20-10(8-16)6-12(17)18/h2-3,7,10H,4-6,8H2,1H3,(H,15,19)(H,17,18). The Morgan fingerprint density at radius 1 is 1.60 bits per heavy atom. The van der Waals surface area contributed by atoms with Crippen molar-refractivity contribution in [1.82, 2.24) is 9.88 Å². The average molecular weight is 279 g/mol. The van der Waals surface area contributed by atoms with Crippen LogP contribution in [0.4, 0.5) is 10.5 Å². The van der Waals surface area contributed by atoms with Gasteiger partial charge < -0.3 is 20.1 Å². The van der Waals surface area contributed by atoms with Gasteiger partial charge in [0.05, 0.1) is 31.0 Å². The monoisotopic (exact) mass is 279 g/mol. The Bertz CT molecular complexity index is 506. The number of amides is 2. The van der Waals surface area contributed by atoms with E-state index in [9.17, 15) is 9.59 Å². The Hall–Kier alpha value is -2.15. The van der Waals surface area contributed by atoms with E-state index in [4.69, 9.17) is 9.84 Å². The van der Waals surface area contributed by atoms with Crippen molar-refractivity contribution in [3.63, 3.8) is 0 Å². The van der Waals surface area contributed by atoms with Gasteiger partial charge in [-0.25, -0.2) is 4.79 Å². The van der Waals surface area contributed by atoms with Gasteiger partial charge in [-0.05, 0) is 18.6 Å². The zero-order chi connectivity index (χ0) is 14.5. The number of carboxylic acid groups (broad SMARTS) is 1. The minimum Gasteiger partial charge on any atom is -0.481 e. The summed E-state index contributed by atoms with van der Waals surface area (Å²) in [6.07, 6.45) is 2.68. The van der Waals surface area contributed by atoms with Crippen LogP contribution in [-0.4, -0.2) is 52.8 Å². The highest BCUT2D eigenvalue weighted by molar-refractivity contribution is 5.90. The lowest BCUT2D eigenvalue weighted by molar-refractivity contribution is -0.141. The number of aliphatic carboxylic acids is 1. The number of nitrogens with zero attached hydrogens (tertiary/aromatic N) is 2. The molecule has 1 unspecified atom stereocenters. The number of carbonyl (C=O) groups excluding carboxylic acids is 1. The molecule has 2 rings (SSSR count). The van der Waals surface area contributed by atoms with E-state index < -0.39 is 12.1 Å². The van der Waals surface area contributed by atoms with Crippen molar-refractivity contribution in [3.8, 4) is 0 Å². The summed E-state index contributed by atoms with van der Waals surface area (Å²) in [4.78, 5) is 28.3. The largest absolute Gasteiger partial charge is 0.481 e. The third kappa shape index (κ3) is 3.67. The van der Waals surface area contributed by atoms with Crippen LogP contribution in [0.5, 0.6) is 0 Å². The molecule has 2 amide bonds. The first-order valence-corrected chi connectivity index (χ1v) is 6.36. The molecule has 1 saturated heterocycles. The Kier molecular flexibility index (Phi) is 4.52. The van der Waals surface area contributed by atoms with Crippen molar-refractivity contribution in [2.75, 3.05) is 25.0 Å². The zero-order valence-corrected chi connectivity index (χ0v) is 11.2. The predicted octanol–water partition coefficient (Wildman–Crippen LogP) is 1.10. The molecule has 0 spiro atoms. The molecule has 7 nitrogen and oxygen atoms in total. The Labute approximate surface area is 116 Å². The maximum Gasteiger partial charge on any atom is 0.322 e. The third-order valence-corrected chi connectivity index (χ3v) is 3.11. The van der Waals surface area contributed by atoms with Gasteiger partial charge in [-0.1, -0.05) is 0 Å². The van der Waals surface area contributed by atoms with Crippen molar-refractivity contribution in [3.05, 3.63) is 24.0 Å². The van der Waals surface area contributed by atoms with E-state index in [2.05, 4.69) is 10.3 Å². The lowest BCUT2D eigenvalue weighted by atomic mass is 10.2. The maximum atomic E-state index is 12.1. The number of aryl methyl sites for hydroxylation is 1. The average Bonchev–Trinajstić information content (AvgIpc) is 2.41. The van der Waals surface area contributed by atoms with Crippen LogP contribution >= 0.6 is 0 Å². The molecule has 1 aliphatic rings. The number of nitrogens with one attached hydrogen (secondary N) is 1. The van der Waals surface area contributed by atoms with Gasteiger partial charge in [-0.15, -0.1) is 0 Å². The molecule has 1 aliphatic heterocycles. The Morgan fingerprint density at radius 3 is 3.10 bits per heavy atom. The highest BCUT2D eigenvalue weighted by Gasteiger charge is 2.26. The molecule has 2 N–H and O–H groups in total. The summed E-state index contributed by atoms with van der Waals surface area (Å²) in [6.45, 7) is 2.94. The second-order valence-corrected chi connectivity index (χ2v) is 4.66. The first kappa shape index (κ1) is 14.3. The predicted molar refractivity (Wildman–Crippen MR) is 71.6 cm³/mol. The molecule has 1 aromatic heterocycles. The van der Waals surface area contributed by atoms with Gasteiger partial charge >= 0.3 is 12.0 Å². The van der Waals surface area contributed by atoms with Crippen molar-refractivity contribution >= 4 is 17.7 Å². The molecular weight excluding hydrogens is 262 g/mol. The van der Waals surface area contributed by atoms with Crippen molar-refractivity contribution in [1.29, 1.82) is 0 Å². The molecule has 0 aliphatic carbocycles. The molecule has 0 bridgehead atoms. The number of urea groups is 1.